The molecule has 9 nitrogen and oxygen atoms in total. The predicted molar refractivity (Wildman–Crippen MR) is 160 cm³/mol. The van der Waals surface area contributed by atoms with Crippen molar-refractivity contribution in [3.63, 3.8) is 0 Å². The second kappa shape index (κ2) is 11.2. The van der Waals surface area contributed by atoms with Crippen molar-refractivity contribution in [3.05, 3.63) is 83.2 Å². The number of hydrogen-bond donors (Lipinski definition) is 1. The van der Waals surface area contributed by atoms with Gasteiger partial charge < -0.3 is 9.73 Å². The van der Waals surface area contributed by atoms with Crippen LogP contribution in [0.2, 0.25) is 0 Å². The highest BCUT2D eigenvalue weighted by atomic mass is 32.2. The van der Waals surface area contributed by atoms with Gasteiger partial charge >= 0.3 is 0 Å². The number of rotatable bonds is 7. The molecular formula is C30H32FN3O6S2. The van der Waals surface area contributed by atoms with Crippen LogP contribution >= 0.6 is 0 Å². The quantitative estimate of drug-likeness (QED) is 0.318. The van der Waals surface area contributed by atoms with E-state index in [0.29, 0.717) is 41.6 Å². The first-order chi connectivity index (χ1) is 19.8. The van der Waals surface area contributed by atoms with Gasteiger partial charge in [0.25, 0.3) is 5.91 Å². The molecule has 0 aliphatic carbocycles. The topological polar surface area (TPSA) is 117 Å². The normalized spacial score (nSPS) is 16.5. The molecule has 1 aromatic heterocycles. The number of fused-ring (bicyclic) bond motifs is 1. The first-order valence-electron chi connectivity index (χ1n) is 13.4. The number of hydrogen-bond acceptors (Lipinski definition) is 6. The van der Waals surface area contributed by atoms with Gasteiger partial charge in [0.2, 0.25) is 20.0 Å². The molecule has 2 heterocycles. The third kappa shape index (κ3) is 5.53. The van der Waals surface area contributed by atoms with Gasteiger partial charge in [-0.05, 0) is 79.3 Å². The van der Waals surface area contributed by atoms with Crippen molar-refractivity contribution < 1.29 is 30.4 Å². The number of piperidine rings is 1. The highest BCUT2D eigenvalue weighted by Crippen LogP contribution is 2.42. The van der Waals surface area contributed by atoms with Crippen molar-refractivity contribution in [3.8, 4) is 11.3 Å². The number of carbonyl (C=O) groups is 1. The number of sulfonamides is 2. The van der Waals surface area contributed by atoms with Crippen LogP contribution in [-0.4, -0.2) is 60.5 Å². The number of nitrogens with one attached hydrogen (secondary N) is 1. The second-order valence-corrected chi connectivity index (χ2v) is 14.5. The number of benzene rings is 3. The van der Waals surface area contributed by atoms with E-state index in [2.05, 4.69) is 5.32 Å². The number of furan rings is 1. The molecule has 0 unspecified atom stereocenters. The largest absolute Gasteiger partial charge is 0.455 e. The van der Waals surface area contributed by atoms with E-state index in [4.69, 9.17) is 4.42 Å². The number of halogens is 1. The molecule has 1 amide bonds. The van der Waals surface area contributed by atoms with E-state index in [1.165, 1.54) is 42.7 Å². The molecule has 1 fully saturated rings. The molecule has 0 radical (unpaired) electrons. The van der Waals surface area contributed by atoms with Crippen LogP contribution in [0.4, 0.5) is 10.1 Å². The zero-order chi connectivity index (χ0) is 30.4. The first-order valence-corrected chi connectivity index (χ1v) is 16.7. The van der Waals surface area contributed by atoms with Gasteiger partial charge in [0.15, 0.2) is 0 Å². The van der Waals surface area contributed by atoms with Crippen LogP contribution in [0, 0.1) is 12.7 Å². The van der Waals surface area contributed by atoms with Gasteiger partial charge in [-0.15, -0.1) is 0 Å². The maximum Gasteiger partial charge on any atom is 0.255 e. The Balaban J connectivity index is 1.68. The van der Waals surface area contributed by atoms with Gasteiger partial charge in [-0.3, -0.25) is 9.10 Å². The minimum absolute atomic E-state index is 0.129. The maximum absolute atomic E-state index is 13.7. The Kier molecular flexibility index (Phi) is 7.90. The Hall–Kier alpha value is -3.74. The molecule has 222 valence electrons. The zero-order valence-electron chi connectivity index (χ0n) is 23.7. The molecule has 42 heavy (non-hydrogen) atoms. The monoisotopic (exact) mass is 613 g/mol. The lowest BCUT2D eigenvalue weighted by Gasteiger charge is -2.34. The smallest absolute Gasteiger partial charge is 0.255 e. The SMILES string of the molecule is CNC(=O)c1c(-c2ccc(F)cc2)oc2cc(N(C)S(C)(=O)=O)c([C@@H]3CCCN(S(=O)(=O)c4cccc(C)c4)C3)cc12. The van der Waals surface area contributed by atoms with Crippen molar-refractivity contribution in [2.24, 2.45) is 0 Å². The Labute approximate surface area is 245 Å². The number of carbonyl (C=O) groups excluding carboxylic acids is 1. The summed E-state index contributed by atoms with van der Waals surface area (Å²) in [6.07, 6.45) is 2.25. The van der Waals surface area contributed by atoms with Crippen molar-refractivity contribution in [1.82, 2.24) is 9.62 Å². The summed E-state index contributed by atoms with van der Waals surface area (Å²) in [5, 5.41) is 3.06. The summed E-state index contributed by atoms with van der Waals surface area (Å²) >= 11 is 0. The highest BCUT2D eigenvalue weighted by molar-refractivity contribution is 7.92. The van der Waals surface area contributed by atoms with Crippen molar-refractivity contribution in [1.29, 1.82) is 0 Å². The summed E-state index contributed by atoms with van der Waals surface area (Å²) in [6, 6.07) is 15.5. The molecule has 4 aromatic rings. The first kappa shape index (κ1) is 29.7. The minimum atomic E-state index is -3.80. The van der Waals surface area contributed by atoms with Crippen molar-refractivity contribution in [2.75, 3.05) is 37.7 Å². The summed E-state index contributed by atoms with van der Waals surface area (Å²) in [5.41, 5.74) is 2.68. The fraction of sp³-hybridized carbons (Fsp3) is 0.300. The van der Waals surface area contributed by atoms with Gasteiger partial charge in [0, 0.05) is 44.2 Å². The number of nitrogens with zero attached hydrogens (tertiary/aromatic N) is 2. The molecule has 1 atom stereocenters. The Bertz CT molecular complexity index is 1890. The van der Waals surface area contributed by atoms with Gasteiger partial charge in [-0.1, -0.05) is 12.1 Å². The minimum Gasteiger partial charge on any atom is -0.455 e. The van der Waals surface area contributed by atoms with E-state index in [1.807, 2.05) is 13.0 Å². The average molecular weight is 614 g/mol. The standard InChI is InChI=1S/C30H32FN3O6S2/c1-19-7-5-9-23(15-19)42(38,39)34-14-6-8-21(18-34)24-16-25-27(17-26(24)33(3)41(4,36)37)40-29(28(25)30(35)32-2)20-10-12-22(31)13-11-20/h5,7,9-13,15-17,21H,6,8,14,18H2,1-4H3,(H,32,35)/t21-/m1/s1. The van der Waals surface area contributed by atoms with E-state index >= 15 is 0 Å². The van der Waals surface area contributed by atoms with Crippen LogP contribution in [0.25, 0.3) is 22.3 Å². The number of anilines is 1. The third-order valence-electron chi connectivity index (χ3n) is 7.69. The lowest BCUT2D eigenvalue weighted by Crippen LogP contribution is -2.39. The number of amides is 1. The molecule has 12 heteroatoms. The zero-order valence-corrected chi connectivity index (χ0v) is 25.4. The van der Waals surface area contributed by atoms with Crippen LogP contribution in [0.5, 0.6) is 0 Å². The summed E-state index contributed by atoms with van der Waals surface area (Å²) in [6.45, 7) is 2.29. The molecule has 1 N–H and O–H groups in total. The summed E-state index contributed by atoms with van der Waals surface area (Å²) in [5.74, 6) is -1.04. The Morgan fingerprint density at radius 1 is 1.07 bits per heavy atom. The van der Waals surface area contributed by atoms with Crippen LogP contribution in [-0.2, 0) is 20.0 Å². The fourth-order valence-corrected chi connectivity index (χ4v) is 7.57. The van der Waals surface area contributed by atoms with Gasteiger partial charge in [0.05, 0.1) is 22.4 Å². The molecule has 0 bridgehead atoms. The third-order valence-corrected chi connectivity index (χ3v) is 10.7. The molecule has 3 aromatic carbocycles. The van der Waals surface area contributed by atoms with Crippen LogP contribution < -0.4 is 9.62 Å². The predicted octanol–water partition coefficient (Wildman–Crippen LogP) is 4.87. The van der Waals surface area contributed by atoms with Crippen LogP contribution in [0.15, 0.2) is 70.0 Å². The lowest BCUT2D eigenvalue weighted by molar-refractivity contribution is 0.0964. The van der Waals surface area contributed by atoms with Gasteiger partial charge in [-0.25, -0.2) is 21.2 Å². The molecule has 0 saturated carbocycles. The number of aryl methyl sites for hydroxylation is 1. The summed E-state index contributed by atoms with van der Waals surface area (Å²) in [4.78, 5) is 13.3. The molecule has 0 spiro atoms. The van der Waals surface area contributed by atoms with Crippen molar-refractivity contribution >= 4 is 42.6 Å². The maximum atomic E-state index is 13.7. The highest BCUT2D eigenvalue weighted by Gasteiger charge is 2.34. The molecule has 1 aliphatic rings. The lowest BCUT2D eigenvalue weighted by atomic mass is 9.89. The van der Waals surface area contributed by atoms with E-state index in [-0.39, 0.29) is 34.3 Å². The Morgan fingerprint density at radius 2 is 1.79 bits per heavy atom. The molecule has 1 saturated heterocycles. The second-order valence-electron chi connectivity index (χ2n) is 10.5. The fourth-order valence-electron chi connectivity index (χ4n) is 5.42. The summed E-state index contributed by atoms with van der Waals surface area (Å²) < 4.78 is 75.0. The van der Waals surface area contributed by atoms with Gasteiger partial charge in [-0.2, -0.15) is 4.31 Å². The molecule has 1 aliphatic heterocycles. The average Bonchev–Trinajstić information content (AvgIpc) is 3.34. The van der Waals surface area contributed by atoms with E-state index in [1.54, 1.807) is 30.3 Å². The van der Waals surface area contributed by atoms with E-state index < -0.39 is 31.8 Å². The van der Waals surface area contributed by atoms with E-state index in [0.717, 1.165) is 16.1 Å². The van der Waals surface area contributed by atoms with E-state index in [9.17, 15) is 26.0 Å². The Morgan fingerprint density at radius 3 is 2.43 bits per heavy atom. The van der Waals surface area contributed by atoms with Crippen LogP contribution in [0.3, 0.4) is 0 Å². The molecular weight excluding hydrogens is 581 g/mol. The summed E-state index contributed by atoms with van der Waals surface area (Å²) in [7, 11) is -4.61. The van der Waals surface area contributed by atoms with Crippen LogP contribution in [0.1, 0.15) is 40.2 Å². The molecule has 5 rings (SSSR count). The van der Waals surface area contributed by atoms with Crippen molar-refractivity contribution in [2.45, 2.75) is 30.6 Å². The van der Waals surface area contributed by atoms with Gasteiger partial charge in [0.1, 0.15) is 17.2 Å².